The van der Waals surface area contributed by atoms with Gasteiger partial charge in [-0.1, -0.05) is 11.6 Å². The third kappa shape index (κ3) is 3.96. The number of non-ortho nitro benzene ring substituents is 1. The summed E-state index contributed by atoms with van der Waals surface area (Å²) in [5.41, 5.74) is -0.0174. The molecule has 1 amide bonds. The Hall–Kier alpha value is -2.19. The standard InChI is InChI=1S/C14H16ClN3O5/c1-8(17-5-4-9(7-17)14(20)21)13(19)16-12-6-10(18(22)23)2-3-11(12)15/h2-3,6,8-9H,4-5,7H2,1H3,(H,16,19)(H,20,21). The molecule has 1 aliphatic heterocycles. The molecular formula is C14H16ClN3O5. The van der Waals surface area contributed by atoms with E-state index >= 15 is 0 Å². The van der Waals surface area contributed by atoms with Gasteiger partial charge in [0.25, 0.3) is 5.69 Å². The van der Waals surface area contributed by atoms with Gasteiger partial charge in [0.05, 0.1) is 27.6 Å². The van der Waals surface area contributed by atoms with Crippen LogP contribution in [-0.2, 0) is 9.59 Å². The SMILES string of the molecule is CC(C(=O)Nc1cc([N+](=O)[O-])ccc1Cl)N1CCC(C(=O)O)C1. The molecule has 0 bridgehead atoms. The number of aliphatic carboxylic acids is 1. The maximum absolute atomic E-state index is 12.3. The van der Waals surface area contributed by atoms with Crippen molar-refractivity contribution >= 4 is 34.9 Å². The number of carbonyl (C=O) groups is 2. The highest BCUT2D eigenvalue weighted by molar-refractivity contribution is 6.33. The molecule has 2 rings (SSSR count). The van der Waals surface area contributed by atoms with E-state index in [1.807, 2.05) is 0 Å². The molecule has 1 aromatic carbocycles. The average Bonchev–Trinajstić information content (AvgIpc) is 2.98. The van der Waals surface area contributed by atoms with Crippen molar-refractivity contribution < 1.29 is 19.6 Å². The van der Waals surface area contributed by atoms with Crippen LogP contribution >= 0.6 is 11.6 Å². The molecule has 9 heteroatoms. The van der Waals surface area contributed by atoms with Crippen LogP contribution in [0.5, 0.6) is 0 Å². The summed E-state index contributed by atoms with van der Waals surface area (Å²) >= 11 is 5.95. The molecule has 1 heterocycles. The number of anilines is 1. The van der Waals surface area contributed by atoms with E-state index < -0.39 is 28.8 Å². The second-order valence-corrected chi connectivity index (χ2v) is 5.81. The molecule has 1 saturated heterocycles. The van der Waals surface area contributed by atoms with E-state index in [-0.39, 0.29) is 16.4 Å². The first-order valence-electron chi connectivity index (χ1n) is 7.01. The van der Waals surface area contributed by atoms with Crippen molar-refractivity contribution in [3.05, 3.63) is 33.3 Å². The molecule has 0 radical (unpaired) electrons. The van der Waals surface area contributed by atoms with Crippen LogP contribution in [0.1, 0.15) is 13.3 Å². The van der Waals surface area contributed by atoms with Gasteiger partial charge in [0.15, 0.2) is 0 Å². The molecule has 1 aromatic rings. The van der Waals surface area contributed by atoms with Gasteiger partial charge in [-0.25, -0.2) is 0 Å². The lowest BCUT2D eigenvalue weighted by Gasteiger charge is -2.23. The molecule has 1 aliphatic rings. The van der Waals surface area contributed by atoms with Crippen molar-refractivity contribution in [1.82, 2.24) is 4.90 Å². The number of carboxylic acid groups (broad SMARTS) is 1. The van der Waals surface area contributed by atoms with Gasteiger partial charge < -0.3 is 10.4 Å². The van der Waals surface area contributed by atoms with Crippen molar-refractivity contribution in [2.75, 3.05) is 18.4 Å². The van der Waals surface area contributed by atoms with Crippen LogP contribution in [0.3, 0.4) is 0 Å². The van der Waals surface area contributed by atoms with E-state index in [2.05, 4.69) is 5.32 Å². The fourth-order valence-electron chi connectivity index (χ4n) is 2.47. The first-order chi connectivity index (χ1) is 10.8. The smallest absolute Gasteiger partial charge is 0.307 e. The van der Waals surface area contributed by atoms with Crippen molar-refractivity contribution in [2.24, 2.45) is 5.92 Å². The molecule has 8 nitrogen and oxygen atoms in total. The zero-order chi connectivity index (χ0) is 17.1. The number of carboxylic acids is 1. The lowest BCUT2D eigenvalue weighted by molar-refractivity contribution is -0.384. The lowest BCUT2D eigenvalue weighted by Crippen LogP contribution is -2.41. The minimum Gasteiger partial charge on any atom is -0.481 e. The summed E-state index contributed by atoms with van der Waals surface area (Å²) in [6, 6.07) is 3.22. The van der Waals surface area contributed by atoms with Gasteiger partial charge in [-0.2, -0.15) is 0 Å². The molecule has 23 heavy (non-hydrogen) atoms. The van der Waals surface area contributed by atoms with Crippen molar-refractivity contribution in [3.63, 3.8) is 0 Å². The number of nitro benzene ring substituents is 1. The van der Waals surface area contributed by atoms with Crippen LogP contribution < -0.4 is 5.32 Å². The Morgan fingerprint density at radius 2 is 2.22 bits per heavy atom. The Bertz CT molecular complexity index is 651. The predicted octanol–water partition coefficient (Wildman–Crippen LogP) is 1.98. The molecule has 0 aromatic heterocycles. The fourth-order valence-corrected chi connectivity index (χ4v) is 2.63. The third-order valence-electron chi connectivity index (χ3n) is 3.91. The van der Waals surface area contributed by atoms with Gasteiger partial charge in [0.2, 0.25) is 5.91 Å². The van der Waals surface area contributed by atoms with Crippen molar-refractivity contribution in [2.45, 2.75) is 19.4 Å². The summed E-state index contributed by atoms with van der Waals surface area (Å²) < 4.78 is 0. The van der Waals surface area contributed by atoms with E-state index in [1.54, 1.807) is 11.8 Å². The summed E-state index contributed by atoms with van der Waals surface area (Å²) in [5.74, 6) is -1.74. The van der Waals surface area contributed by atoms with Gasteiger partial charge in [-0.15, -0.1) is 0 Å². The molecular weight excluding hydrogens is 326 g/mol. The van der Waals surface area contributed by atoms with Crippen LogP contribution in [0.2, 0.25) is 5.02 Å². The van der Waals surface area contributed by atoms with Crippen molar-refractivity contribution in [1.29, 1.82) is 0 Å². The molecule has 0 spiro atoms. The minimum absolute atomic E-state index is 0.159. The Balaban J connectivity index is 2.06. The van der Waals surface area contributed by atoms with E-state index in [4.69, 9.17) is 16.7 Å². The third-order valence-corrected chi connectivity index (χ3v) is 4.24. The normalized spacial score (nSPS) is 19.3. The molecule has 2 atom stereocenters. The van der Waals surface area contributed by atoms with Crippen LogP contribution in [0, 0.1) is 16.0 Å². The minimum atomic E-state index is -0.873. The number of amides is 1. The Morgan fingerprint density at radius 3 is 2.78 bits per heavy atom. The maximum atomic E-state index is 12.3. The number of hydrogen-bond donors (Lipinski definition) is 2. The second kappa shape index (κ2) is 6.93. The quantitative estimate of drug-likeness (QED) is 0.625. The van der Waals surface area contributed by atoms with Gasteiger partial charge in [-0.05, 0) is 26.0 Å². The summed E-state index contributed by atoms with van der Waals surface area (Å²) in [5, 5.41) is 22.5. The number of nitrogens with one attached hydrogen (secondary N) is 1. The van der Waals surface area contributed by atoms with E-state index in [0.29, 0.717) is 19.5 Å². The zero-order valence-corrected chi connectivity index (χ0v) is 13.1. The molecule has 2 unspecified atom stereocenters. The van der Waals surface area contributed by atoms with Gasteiger partial charge >= 0.3 is 5.97 Å². The summed E-state index contributed by atoms with van der Waals surface area (Å²) in [6.45, 7) is 2.46. The van der Waals surface area contributed by atoms with E-state index in [9.17, 15) is 19.7 Å². The largest absolute Gasteiger partial charge is 0.481 e. The number of nitro groups is 1. The molecule has 124 valence electrons. The Morgan fingerprint density at radius 1 is 1.52 bits per heavy atom. The highest BCUT2D eigenvalue weighted by Crippen LogP contribution is 2.27. The van der Waals surface area contributed by atoms with E-state index in [1.165, 1.54) is 18.2 Å². The highest BCUT2D eigenvalue weighted by atomic mass is 35.5. The second-order valence-electron chi connectivity index (χ2n) is 5.41. The number of hydrogen-bond acceptors (Lipinski definition) is 5. The number of benzene rings is 1. The average molecular weight is 342 g/mol. The summed E-state index contributed by atoms with van der Waals surface area (Å²) in [6.07, 6.45) is 0.491. The highest BCUT2D eigenvalue weighted by Gasteiger charge is 2.33. The summed E-state index contributed by atoms with van der Waals surface area (Å²) in [7, 11) is 0. The molecule has 0 saturated carbocycles. The number of nitrogens with zero attached hydrogens (tertiary/aromatic N) is 2. The number of carbonyl (C=O) groups excluding carboxylic acids is 1. The topological polar surface area (TPSA) is 113 Å². The first-order valence-corrected chi connectivity index (χ1v) is 7.39. The Kier molecular flexibility index (Phi) is 5.17. The monoisotopic (exact) mass is 341 g/mol. The van der Waals surface area contributed by atoms with E-state index in [0.717, 1.165) is 0 Å². The fraction of sp³-hybridized carbons (Fsp3) is 0.429. The van der Waals surface area contributed by atoms with Crippen LogP contribution in [0.15, 0.2) is 18.2 Å². The zero-order valence-electron chi connectivity index (χ0n) is 12.4. The Labute approximate surface area is 137 Å². The first kappa shape index (κ1) is 17.2. The van der Waals surface area contributed by atoms with Gasteiger partial charge in [0.1, 0.15) is 0 Å². The van der Waals surface area contributed by atoms with Gasteiger partial charge in [0, 0.05) is 18.7 Å². The molecule has 1 fully saturated rings. The molecule has 0 aliphatic carbocycles. The van der Waals surface area contributed by atoms with Crippen LogP contribution in [0.25, 0.3) is 0 Å². The predicted molar refractivity (Wildman–Crippen MR) is 83.5 cm³/mol. The van der Waals surface area contributed by atoms with Crippen molar-refractivity contribution in [3.8, 4) is 0 Å². The van der Waals surface area contributed by atoms with Crippen LogP contribution in [0.4, 0.5) is 11.4 Å². The lowest BCUT2D eigenvalue weighted by atomic mass is 10.1. The number of halogens is 1. The molecule has 2 N–H and O–H groups in total. The van der Waals surface area contributed by atoms with Gasteiger partial charge in [-0.3, -0.25) is 24.6 Å². The number of likely N-dealkylation sites (tertiary alicyclic amines) is 1. The number of rotatable bonds is 5. The summed E-state index contributed by atoms with van der Waals surface area (Å²) in [4.78, 5) is 35.2. The maximum Gasteiger partial charge on any atom is 0.307 e. The van der Waals surface area contributed by atoms with Crippen LogP contribution in [-0.4, -0.2) is 45.9 Å².